The van der Waals surface area contributed by atoms with E-state index in [9.17, 15) is 14.4 Å². The Morgan fingerprint density at radius 1 is 0.362 bits per heavy atom. The van der Waals surface area contributed by atoms with Gasteiger partial charge in [-0.1, -0.05) is 184 Å². The number of esters is 3. The fraction of sp³-hybridized carbons (Fsp3) is 0.750. The highest BCUT2D eigenvalue weighted by Crippen LogP contribution is 2.13. The summed E-state index contributed by atoms with van der Waals surface area (Å²) in [7, 11) is 0. The fourth-order valence-corrected chi connectivity index (χ4v) is 6.56. The van der Waals surface area contributed by atoms with E-state index in [4.69, 9.17) is 14.2 Å². The molecule has 0 bridgehead atoms. The first-order chi connectivity index (χ1) is 28.5. The average Bonchev–Trinajstić information content (AvgIpc) is 3.22. The maximum atomic E-state index is 12.7. The van der Waals surface area contributed by atoms with E-state index in [1.807, 2.05) is 0 Å². The molecule has 0 rings (SSSR count). The number of unbranched alkanes of at least 4 members (excludes halogenated alkanes) is 22. The van der Waals surface area contributed by atoms with Crippen molar-refractivity contribution in [2.45, 2.75) is 239 Å². The van der Waals surface area contributed by atoms with Crippen molar-refractivity contribution in [2.24, 2.45) is 0 Å². The SMILES string of the molecule is CC/C=C\C/C=C\C/C=C\CCCC(=O)OC(COC(=O)CCCCCCC/C=C\CCCC)COC(=O)CCCCCCC/C=C\CCCCCCCCCCC. The molecule has 6 nitrogen and oxygen atoms in total. The number of hydrogen-bond acceptors (Lipinski definition) is 6. The zero-order valence-corrected chi connectivity index (χ0v) is 38.0. The number of allylic oxidation sites excluding steroid dienone is 10. The van der Waals surface area contributed by atoms with Gasteiger partial charge in [-0.2, -0.15) is 0 Å². The Morgan fingerprint density at radius 2 is 0.707 bits per heavy atom. The molecule has 334 valence electrons. The normalized spacial score (nSPS) is 12.5. The van der Waals surface area contributed by atoms with Crippen molar-refractivity contribution in [1.29, 1.82) is 0 Å². The topological polar surface area (TPSA) is 78.9 Å². The van der Waals surface area contributed by atoms with Crippen LogP contribution in [0.3, 0.4) is 0 Å². The molecule has 6 heteroatoms. The molecular weight excluding hydrogens is 721 g/mol. The van der Waals surface area contributed by atoms with E-state index < -0.39 is 6.10 Å². The van der Waals surface area contributed by atoms with Crippen LogP contribution in [0.25, 0.3) is 0 Å². The van der Waals surface area contributed by atoms with Crippen molar-refractivity contribution in [3.63, 3.8) is 0 Å². The first-order valence-corrected chi connectivity index (χ1v) is 24.3. The molecule has 0 spiro atoms. The number of carbonyl (C=O) groups excluding carboxylic acids is 3. The van der Waals surface area contributed by atoms with Gasteiger partial charge in [0.25, 0.3) is 0 Å². The van der Waals surface area contributed by atoms with Gasteiger partial charge >= 0.3 is 17.9 Å². The van der Waals surface area contributed by atoms with Crippen molar-refractivity contribution in [1.82, 2.24) is 0 Å². The predicted octanol–water partition coefficient (Wildman–Crippen LogP) is 15.7. The summed E-state index contributed by atoms with van der Waals surface area (Å²) in [6.07, 6.45) is 56.5. The average molecular weight is 811 g/mol. The molecule has 0 aliphatic rings. The monoisotopic (exact) mass is 811 g/mol. The molecule has 0 aromatic rings. The zero-order chi connectivity index (χ0) is 42.3. The Labute approximate surface area is 358 Å². The molecule has 0 aromatic carbocycles. The van der Waals surface area contributed by atoms with Crippen LogP contribution in [0.2, 0.25) is 0 Å². The molecule has 1 unspecified atom stereocenters. The van der Waals surface area contributed by atoms with E-state index in [0.29, 0.717) is 19.3 Å². The third-order valence-corrected chi connectivity index (χ3v) is 10.2. The molecule has 58 heavy (non-hydrogen) atoms. The maximum absolute atomic E-state index is 12.7. The van der Waals surface area contributed by atoms with Crippen molar-refractivity contribution in [2.75, 3.05) is 13.2 Å². The summed E-state index contributed by atoms with van der Waals surface area (Å²) >= 11 is 0. The highest BCUT2D eigenvalue weighted by molar-refractivity contribution is 5.71. The summed E-state index contributed by atoms with van der Waals surface area (Å²) in [5, 5.41) is 0. The summed E-state index contributed by atoms with van der Waals surface area (Å²) in [6, 6.07) is 0. The highest BCUT2D eigenvalue weighted by atomic mass is 16.6. The zero-order valence-electron chi connectivity index (χ0n) is 38.0. The lowest BCUT2D eigenvalue weighted by Gasteiger charge is -2.18. The van der Waals surface area contributed by atoms with Crippen LogP contribution in [0, 0.1) is 0 Å². The molecular formula is C52H90O6. The van der Waals surface area contributed by atoms with Gasteiger partial charge in [-0.25, -0.2) is 0 Å². The molecule has 0 heterocycles. The molecule has 0 aliphatic carbocycles. The fourth-order valence-electron chi connectivity index (χ4n) is 6.56. The lowest BCUT2D eigenvalue weighted by Crippen LogP contribution is -2.30. The Bertz CT molecular complexity index is 1070. The molecule has 0 saturated carbocycles. The number of rotatable bonds is 43. The van der Waals surface area contributed by atoms with Gasteiger partial charge in [0, 0.05) is 19.3 Å². The van der Waals surface area contributed by atoms with E-state index >= 15 is 0 Å². The van der Waals surface area contributed by atoms with Crippen LogP contribution in [-0.2, 0) is 28.6 Å². The summed E-state index contributed by atoms with van der Waals surface area (Å²) in [4.78, 5) is 37.8. The highest BCUT2D eigenvalue weighted by Gasteiger charge is 2.19. The predicted molar refractivity (Wildman–Crippen MR) is 247 cm³/mol. The third-order valence-electron chi connectivity index (χ3n) is 10.2. The van der Waals surface area contributed by atoms with Gasteiger partial charge in [0.05, 0.1) is 0 Å². The molecule has 0 saturated heterocycles. The Balaban J connectivity index is 4.38. The Hall–Kier alpha value is -2.89. The van der Waals surface area contributed by atoms with Gasteiger partial charge in [0.2, 0.25) is 0 Å². The maximum Gasteiger partial charge on any atom is 0.306 e. The minimum absolute atomic E-state index is 0.101. The van der Waals surface area contributed by atoms with Gasteiger partial charge in [0.1, 0.15) is 13.2 Å². The third kappa shape index (κ3) is 44.2. The number of carbonyl (C=O) groups is 3. The molecule has 0 amide bonds. The number of ether oxygens (including phenoxy) is 3. The van der Waals surface area contributed by atoms with Crippen molar-refractivity contribution in [3.8, 4) is 0 Å². The van der Waals surface area contributed by atoms with E-state index in [1.54, 1.807) is 0 Å². The van der Waals surface area contributed by atoms with E-state index in [0.717, 1.165) is 83.5 Å². The molecule has 0 aliphatic heterocycles. The van der Waals surface area contributed by atoms with E-state index in [1.165, 1.54) is 103 Å². The second-order valence-electron chi connectivity index (χ2n) is 16.0. The van der Waals surface area contributed by atoms with Gasteiger partial charge in [-0.15, -0.1) is 0 Å². The summed E-state index contributed by atoms with van der Waals surface area (Å²) in [5.74, 6) is -0.975. The molecule has 0 N–H and O–H groups in total. The quantitative estimate of drug-likeness (QED) is 0.0264. The lowest BCUT2D eigenvalue weighted by molar-refractivity contribution is -0.167. The van der Waals surface area contributed by atoms with Crippen LogP contribution in [0.15, 0.2) is 60.8 Å². The Kier molecular flexibility index (Phi) is 44.5. The van der Waals surface area contributed by atoms with E-state index in [2.05, 4.69) is 81.5 Å². The van der Waals surface area contributed by atoms with Crippen LogP contribution in [0.1, 0.15) is 233 Å². The summed E-state index contributed by atoms with van der Waals surface area (Å²) in [5.41, 5.74) is 0. The van der Waals surface area contributed by atoms with Crippen LogP contribution < -0.4 is 0 Å². The molecule has 1 atom stereocenters. The van der Waals surface area contributed by atoms with Crippen LogP contribution in [0.5, 0.6) is 0 Å². The minimum Gasteiger partial charge on any atom is -0.462 e. The molecule has 0 aromatic heterocycles. The first kappa shape index (κ1) is 55.1. The van der Waals surface area contributed by atoms with Gasteiger partial charge in [-0.3, -0.25) is 14.4 Å². The lowest BCUT2D eigenvalue weighted by atomic mass is 10.1. The Morgan fingerprint density at radius 3 is 1.17 bits per heavy atom. The molecule has 0 fully saturated rings. The van der Waals surface area contributed by atoms with Gasteiger partial charge in [-0.05, 0) is 89.9 Å². The minimum atomic E-state index is -0.804. The van der Waals surface area contributed by atoms with Crippen molar-refractivity contribution >= 4 is 17.9 Å². The summed E-state index contributed by atoms with van der Waals surface area (Å²) in [6.45, 7) is 6.41. The summed E-state index contributed by atoms with van der Waals surface area (Å²) < 4.78 is 16.7. The number of hydrogen-bond donors (Lipinski definition) is 0. The van der Waals surface area contributed by atoms with Crippen LogP contribution >= 0.6 is 0 Å². The van der Waals surface area contributed by atoms with Crippen LogP contribution in [-0.4, -0.2) is 37.2 Å². The van der Waals surface area contributed by atoms with Crippen molar-refractivity contribution < 1.29 is 28.6 Å². The van der Waals surface area contributed by atoms with Crippen molar-refractivity contribution in [3.05, 3.63) is 60.8 Å². The van der Waals surface area contributed by atoms with Crippen LogP contribution in [0.4, 0.5) is 0 Å². The first-order valence-electron chi connectivity index (χ1n) is 24.3. The molecule has 0 radical (unpaired) electrons. The van der Waals surface area contributed by atoms with Gasteiger partial charge < -0.3 is 14.2 Å². The standard InChI is InChI=1S/C52H90O6/c1-4-7-10-13-16-19-22-23-24-25-26-27-28-31-33-36-39-42-45-51(54)57-48-49(58-52(55)46-43-40-37-34-30-21-18-15-12-9-6-3)47-56-50(53)44-41-38-35-32-29-20-17-14-11-8-5-2/h9,12,14,17-18,21,26-27,34,37,49H,4-8,10-11,13,15-16,19-20,22-25,28-33,35-36,38-48H2,1-3H3/b12-9-,17-14-,21-18-,27-26-,37-34-. The van der Waals surface area contributed by atoms with E-state index in [-0.39, 0.29) is 37.5 Å². The van der Waals surface area contributed by atoms with Gasteiger partial charge in [0.15, 0.2) is 6.10 Å². The smallest absolute Gasteiger partial charge is 0.306 e. The second kappa shape index (κ2) is 46.8. The second-order valence-corrected chi connectivity index (χ2v) is 16.0. The largest absolute Gasteiger partial charge is 0.462 e.